The second-order valence-electron chi connectivity index (χ2n) is 3.41. The van der Waals surface area contributed by atoms with E-state index in [-0.39, 0.29) is 0 Å². The van der Waals surface area contributed by atoms with Crippen LogP contribution in [-0.4, -0.2) is 25.2 Å². The van der Waals surface area contributed by atoms with Gasteiger partial charge in [0.2, 0.25) is 0 Å². The molecule has 0 aromatic heterocycles. The van der Waals surface area contributed by atoms with Gasteiger partial charge in [-0.25, -0.2) is 0 Å². The Bertz CT molecular complexity index is 102. The molecular weight excluding hydrogens is 124 g/mol. The van der Waals surface area contributed by atoms with Gasteiger partial charge in [0.1, 0.15) is 0 Å². The van der Waals surface area contributed by atoms with Crippen molar-refractivity contribution in [2.75, 3.05) is 13.1 Å². The number of hydrogen-bond donors (Lipinski definition) is 2. The molecule has 0 aromatic carbocycles. The fraction of sp³-hybridized carbons (Fsp3) is 1.00. The number of nitrogens with one attached hydrogen (secondary N) is 2. The Balaban J connectivity index is 1.95. The van der Waals surface area contributed by atoms with E-state index in [1.807, 2.05) is 0 Å². The summed E-state index contributed by atoms with van der Waals surface area (Å²) < 4.78 is 0. The molecule has 2 nitrogen and oxygen atoms in total. The van der Waals surface area contributed by atoms with Crippen LogP contribution in [0.4, 0.5) is 0 Å². The molecule has 0 radical (unpaired) electrons. The number of rotatable bonds is 0. The Labute approximate surface area is 62.4 Å². The van der Waals surface area contributed by atoms with Crippen LogP contribution in [0.5, 0.6) is 0 Å². The van der Waals surface area contributed by atoms with E-state index in [9.17, 15) is 0 Å². The monoisotopic (exact) mass is 140 g/mol. The van der Waals surface area contributed by atoms with E-state index in [0.717, 1.165) is 12.1 Å². The first kappa shape index (κ1) is 6.62. The number of hydrogen-bond acceptors (Lipinski definition) is 2. The Kier molecular flexibility index (Phi) is 1.91. The quantitative estimate of drug-likeness (QED) is 0.511. The second-order valence-corrected chi connectivity index (χ2v) is 3.41. The van der Waals surface area contributed by atoms with E-state index in [1.54, 1.807) is 0 Å². The van der Waals surface area contributed by atoms with E-state index >= 15 is 0 Å². The van der Waals surface area contributed by atoms with Gasteiger partial charge in [0.25, 0.3) is 0 Å². The lowest BCUT2D eigenvalue weighted by molar-refractivity contribution is 0.470. The largest absolute Gasteiger partial charge is 0.312 e. The van der Waals surface area contributed by atoms with Crippen molar-refractivity contribution in [1.29, 1.82) is 0 Å². The van der Waals surface area contributed by atoms with Gasteiger partial charge < -0.3 is 10.6 Å². The lowest BCUT2D eigenvalue weighted by Gasteiger charge is -2.15. The highest BCUT2D eigenvalue weighted by Crippen LogP contribution is 2.16. The molecular formula is C8H16N2. The Morgan fingerprint density at radius 1 is 0.800 bits per heavy atom. The van der Waals surface area contributed by atoms with Gasteiger partial charge in [-0.05, 0) is 32.4 Å². The van der Waals surface area contributed by atoms with Crippen molar-refractivity contribution >= 4 is 0 Å². The molecule has 2 aliphatic rings. The van der Waals surface area contributed by atoms with Crippen molar-refractivity contribution in [2.45, 2.75) is 37.8 Å². The van der Waals surface area contributed by atoms with Crippen molar-refractivity contribution in [3.8, 4) is 0 Å². The maximum atomic E-state index is 3.58. The van der Waals surface area contributed by atoms with Crippen molar-refractivity contribution < 1.29 is 0 Å². The second kappa shape index (κ2) is 2.89. The molecule has 0 spiro atoms. The first-order valence-electron chi connectivity index (χ1n) is 4.43. The summed E-state index contributed by atoms with van der Waals surface area (Å²) in [7, 11) is 0. The van der Waals surface area contributed by atoms with Crippen LogP contribution in [0.15, 0.2) is 0 Å². The van der Waals surface area contributed by atoms with Crippen LogP contribution in [0.1, 0.15) is 25.7 Å². The molecule has 2 aliphatic heterocycles. The van der Waals surface area contributed by atoms with Crippen LogP contribution in [0, 0.1) is 0 Å². The summed E-state index contributed by atoms with van der Waals surface area (Å²) in [4.78, 5) is 0. The van der Waals surface area contributed by atoms with Gasteiger partial charge in [0.15, 0.2) is 0 Å². The van der Waals surface area contributed by atoms with Gasteiger partial charge in [-0.1, -0.05) is 6.42 Å². The van der Waals surface area contributed by atoms with Gasteiger partial charge >= 0.3 is 0 Å². The third-order valence-electron chi connectivity index (χ3n) is 2.70. The predicted octanol–water partition coefficient (Wildman–Crippen LogP) is 0.490. The fourth-order valence-corrected chi connectivity index (χ4v) is 2.09. The molecule has 0 aromatic rings. The van der Waals surface area contributed by atoms with Crippen LogP contribution < -0.4 is 10.6 Å². The first-order valence-corrected chi connectivity index (χ1v) is 4.43. The molecule has 58 valence electrons. The van der Waals surface area contributed by atoms with E-state index in [1.165, 1.54) is 38.8 Å². The highest BCUT2D eigenvalue weighted by molar-refractivity contribution is 4.90. The summed E-state index contributed by atoms with van der Waals surface area (Å²) in [5.74, 6) is 0. The van der Waals surface area contributed by atoms with E-state index in [0.29, 0.717) is 0 Å². The summed E-state index contributed by atoms with van der Waals surface area (Å²) >= 11 is 0. The molecule has 10 heavy (non-hydrogen) atoms. The molecule has 2 heterocycles. The number of fused-ring (bicyclic) bond motifs is 1. The summed E-state index contributed by atoms with van der Waals surface area (Å²) in [5, 5.41) is 7.12. The van der Waals surface area contributed by atoms with Gasteiger partial charge in [0, 0.05) is 12.1 Å². The highest BCUT2D eigenvalue weighted by atomic mass is 15.1. The zero-order valence-electron chi connectivity index (χ0n) is 6.40. The molecule has 0 unspecified atom stereocenters. The standard InChI is InChI=1S/C8H16N2/c1-2-5-9-8-4-6-10-7(8)3-1/h7-10H,1-6H2/t7-,8-/m1/s1. The maximum Gasteiger partial charge on any atom is 0.0233 e. The predicted molar refractivity (Wildman–Crippen MR) is 42.0 cm³/mol. The summed E-state index contributed by atoms with van der Waals surface area (Å²) in [6.45, 7) is 2.46. The van der Waals surface area contributed by atoms with Gasteiger partial charge in [-0.15, -0.1) is 0 Å². The minimum Gasteiger partial charge on any atom is -0.312 e. The van der Waals surface area contributed by atoms with E-state index in [4.69, 9.17) is 0 Å². The van der Waals surface area contributed by atoms with Crippen molar-refractivity contribution in [3.63, 3.8) is 0 Å². The van der Waals surface area contributed by atoms with Crippen LogP contribution >= 0.6 is 0 Å². The maximum absolute atomic E-state index is 3.58. The minimum atomic E-state index is 0.794. The molecule has 2 N–H and O–H groups in total. The summed E-state index contributed by atoms with van der Waals surface area (Å²) in [5.41, 5.74) is 0. The van der Waals surface area contributed by atoms with Crippen molar-refractivity contribution in [1.82, 2.24) is 10.6 Å². The third-order valence-corrected chi connectivity index (χ3v) is 2.70. The molecule has 2 rings (SSSR count). The van der Waals surface area contributed by atoms with E-state index < -0.39 is 0 Å². The van der Waals surface area contributed by atoms with Crippen molar-refractivity contribution in [2.24, 2.45) is 0 Å². The van der Waals surface area contributed by atoms with Crippen LogP contribution in [0.25, 0.3) is 0 Å². The fourth-order valence-electron chi connectivity index (χ4n) is 2.09. The average molecular weight is 140 g/mol. The smallest absolute Gasteiger partial charge is 0.0233 e. The molecule has 2 atom stereocenters. The van der Waals surface area contributed by atoms with E-state index in [2.05, 4.69) is 10.6 Å². The topological polar surface area (TPSA) is 24.1 Å². The molecule has 0 amide bonds. The Hall–Kier alpha value is -0.0800. The van der Waals surface area contributed by atoms with Gasteiger partial charge in [-0.2, -0.15) is 0 Å². The first-order chi connectivity index (χ1) is 4.97. The Morgan fingerprint density at radius 3 is 2.60 bits per heavy atom. The SMILES string of the molecule is C1CC[C@H]2NCC[C@H]2NC1. The van der Waals surface area contributed by atoms with Crippen LogP contribution in [0.3, 0.4) is 0 Å². The van der Waals surface area contributed by atoms with Gasteiger partial charge in [-0.3, -0.25) is 0 Å². The van der Waals surface area contributed by atoms with Crippen LogP contribution in [0.2, 0.25) is 0 Å². The third kappa shape index (κ3) is 1.18. The van der Waals surface area contributed by atoms with Crippen molar-refractivity contribution in [3.05, 3.63) is 0 Å². The Morgan fingerprint density at radius 2 is 1.60 bits per heavy atom. The molecule has 2 fully saturated rings. The summed E-state index contributed by atoms with van der Waals surface area (Å²) in [6, 6.07) is 1.59. The normalized spacial score (nSPS) is 40.8. The lowest BCUT2D eigenvalue weighted by atomic mass is 10.1. The van der Waals surface area contributed by atoms with Crippen LogP contribution in [-0.2, 0) is 0 Å². The molecule has 2 saturated heterocycles. The summed E-state index contributed by atoms with van der Waals surface area (Å²) in [6.07, 6.45) is 5.50. The molecule has 2 heteroatoms. The zero-order chi connectivity index (χ0) is 6.81. The molecule has 0 bridgehead atoms. The molecule has 0 aliphatic carbocycles. The zero-order valence-corrected chi connectivity index (χ0v) is 6.40. The highest BCUT2D eigenvalue weighted by Gasteiger charge is 2.26. The lowest BCUT2D eigenvalue weighted by Crippen LogP contribution is -2.38. The average Bonchev–Trinajstić information content (AvgIpc) is 2.28. The molecule has 0 saturated carbocycles. The van der Waals surface area contributed by atoms with Gasteiger partial charge in [0.05, 0.1) is 0 Å². The minimum absolute atomic E-state index is 0.794.